The molecule has 2 unspecified atom stereocenters. The third-order valence-electron chi connectivity index (χ3n) is 5.74. The average molecular weight is 276 g/mol. The van der Waals surface area contributed by atoms with Crippen LogP contribution in [0.25, 0.3) is 0 Å². The van der Waals surface area contributed by atoms with Crippen molar-refractivity contribution in [3.8, 4) is 0 Å². The van der Waals surface area contributed by atoms with E-state index in [0.29, 0.717) is 23.9 Å². The van der Waals surface area contributed by atoms with Crippen molar-refractivity contribution >= 4 is 5.91 Å². The number of nitrogens with one attached hydrogen (secondary N) is 1. The van der Waals surface area contributed by atoms with E-state index in [1.54, 1.807) is 0 Å². The van der Waals surface area contributed by atoms with Crippen LogP contribution in [0.3, 0.4) is 0 Å². The molecule has 0 aromatic carbocycles. The standard InChI is InChI=1S/C17H28N2O/c20-17(9-14-7-15-5-6-16(8-14)18-15)19(10-12-1-2-12)11-13-3-4-13/h12-16,18H,1-11H2. The molecule has 0 radical (unpaired) electrons. The summed E-state index contributed by atoms with van der Waals surface area (Å²) in [6.07, 6.45) is 11.4. The summed E-state index contributed by atoms with van der Waals surface area (Å²) in [5.41, 5.74) is 0. The van der Waals surface area contributed by atoms with Gasteiger partial charge in [0.2, 0.25) is 5.91 Å². The lowest BCUT2D eigenvalue weighted by molar-refractivity contribution is -0.133. The molecule has 4 aliphatic rings. The largest absolute Gasteiger partial charge is 0.342 e. The number of fused-ring (bicyclic) bond motifs is 2. The van der Waals surface area contributed by atoms with E-state index in [1.807, 2.05) is 0 Å². The van der Waals surface area contributed by atoms with Crippen molar-refractivity contribution in [2.45, 2.75) is 69.9 Å². The van der Waals surface area contributed by atoms with Crippen molar-refractivity contribution in [3.63, 3.8) is 0 Å². The highest BCUT2D eigenvalue weighted by Gasteiger charge is 2.36. The molecule has 4 rings (SSSR count). The Bertz CT molecular complexity index is 349. The second-order valence-electron chi connectivity index (χ2n) is 7.86. The second kappa shape index (κ2) is 5.32. The molecule has 2 heterocycles. The summed E-state index contributed by atoms with van der Waals surface area (Å²) in [6.45, 7) is 2.13. The van der Waals surface area contributed by atoms with E-state index in [-0.39, 0.29) is 0 Å². The number of amides is 1. The van der Waals surface area contributed by atoms with E-state index in [9.17, 15) is 4.79 Å². The van der Waals surface area contributed by atoms with Gasteiger partial charge in [0.1, 0.15) is 0 Å². The molecule has 2 bridgehead atoms. The predicted octanol–water partition coefficient (Wildman–Crippen LogP) is 2.56. The Hall–Kier alpha value is -0.570. The summed E-state index contributed by atoms with van der Waals surface area (Å²) >= 11 is 0. The van der Waals surface area contributed by atoms with Crippen molar-refractivity contribution in [1.29, 1.82) is 0 Å². The van der Waals surface area contributed by atoms with Crippen molar-refractivity contribution in [2.75, 3.05) is 13.1 Å². The molecule has 2 saturated carbocycles. The van der Waals surface area contributed by atoms with Crippen LogP contribution >= 0.6 is 0 Å². The summed E-state index contributed by atoms with van der Waals surface area (Å²) in [5, 5.41) is 3.68. The molecule has 2 atom stereocenters. The zero-order chi connectivity index (χ0) is 13.5. The summed E-state index contributed by atoms with van der Waals surface area (Å²) in [7, 11) is 0. The van der Waals surface area contributed by atoms with Gasteiger partial charge in [-0.25, -0.2) is 0 Å². The van der Waals surface area contributed by atoms with Gasteiger partial charge < -0.3 is 10.2 Å². The Balaban J connectivity index is 1.32. The summed E-state index contributed by atoms with van der Waals surface area (Å²) in [5.74, 6) is 2.79. The minimum Gasteiger partial charge on any atom is -0.342 e. The highest BCUT2D eigenvalue weighted by molar-refractivity contribution is 5.76. The summed E-state index contributed by atoms with van der Waals surface area (Å²) in [6, 6.07) is 1.43. The Morgan fingerprint density at radius 3 is 1.90 bits per heavy atom. The normalized spacial score (nSPS) is 36.1. The number of carbonyl (C=O) groups is 1. The van der Waals surface area contributed by atoms with Gasteiger partial charge in [-0.15, -0.1) is 0 Å². The molecule has 0 spiro atoms. The summed E-state index contributed by atoms with van der Waals surface area (Å²) < 4.78 is 0. The quantitative estimate of drug-likeness (QED) is 0.808. The fraction of sp³-hybridized carbons (Fsp3) is 0.941. The number of rotatable bonds is 6. The Labute approximate surface area is 122 Å². The molecular weight excluding hydrogens is 248 g/mol. The number of hydrogen-bond acceptors (Lipinski definition) is 2. The van der Waals surface area contributed by atoms with Gasteiger partial charge in [-0.3, -0.25) is 4.79 Å². The van der Waals surface area contributed by atoms with Crippen LogP contribution in [0, 0.1) is 17.8 Å². The van der Waals surface area contributed by atoms with E-state index in [1.165, 1.54) is 51.4 Å². The first-order chi connectivity index (χ1) is 9.76. The topological polar surface area (TPSA) is 32.3 Å². The van der Waals surface area contributed by atoms with Crippen LogP contribution in [0.1, 0.15) is 57.8 Å². The van der Waals surface area contributed by atoms with E-state index < -0.39 is 0 Å². The Morgan fingerprint density at radius 1 is 0.850 bits per heavy atom. The van der Waals surface area contributed by atoms with E-state index >= 15 is 0 Å². The van der Waals surface area contributed by atoms with Crippen molar-refractivity contribution in [2.24, 2.45) is 17.8 Å². The SMILES string of the molecule is O=C(CC1CC2CCC(C1)N2)N(CC1CC1)CC1CC1. The van der Waals surface area contributed by atoms with Crippen molar-refractivity contribution in [1.82, 2.24) is 10.2 Å². The minimum absolute atomic E-state index is 0.468. The lowest BCUT2D eigenvalue weighted by atomic mass is 9.89. The third-order valence-corrected chi connectivity index (χ3v) is 5.74. The highest BCUT2D eigenvalue weighted by Crippen LogP contribution is 2.36. The van der Waals surface area contributed by atoms with Gasteiger partial charge in [-0.2, -0.15) is 0 Å². The van der Waals surface area contributed by atoms with Gasteiger partial charge in [0.25, 0.3) is 0 Å². The first-order valence-corrected chi connectivity index (χ1v) is 8.80. The molecule has 2 aliphatic carbocycles. The second-order valence-corrected chi connectivity index (χ2v) is 7.86. The third kappa shape index (κ3) is 3.19. The average Bonchev–Trinajstić information content (AvgIpc) is 3.32. The van der Waals surface area contributed by atoms with Crippen molar-refractivity contribution < 1.29 is 4.79 Å². The highest BCUT2D eigenvalue weighted by atomic mass is 16.2. The van der Waals surface area contributed by atoms with E-state index in [4.69, 9.17) is 0 Å². The molecule has 0 aromatic rings. The summed E-state index contributed by atoms with van der Waals surface area (Å²) in [4.78, 5) is 14.9. The van der Waals surface area contributed by atoms with Crippen LogP contribution in [0.4, 0.5) is 0 Å². The van der Waals surface area contributed by atoms with Crippen LogP contribution in [-0.2, 0) is 4.79 Å². The fourth-order valence-corrected chi connectivity index (χ4v) is 4.22. The van der Waals surface area contributed by atoms with Crippen LogP contribution in [-0.4, -0.2) is 36.0 Å². The van der Waals surface area contributed by atoms with Gasteiger partial charge >= 0.3 is 0 Å². The van der Waals surface area contributed by atoms with Gasteiger partial charge in [0.15, 0.2) is 0 Å². The number of piperidine rings is 1. The molecule has 1 N–H and O–H groups in total. The number of hydrogen-bond donors (Lipinski definition) is 1. The predicted molar refractivity (Wildman–Crippen MR) is 79.3 cm³/mol. The van der Waals surface area contributed by atoms with Crippen LogP contribution < -0.4 is 5.32 Å². The molecule has 3 heteroatoms. The first-order valence-electron chi connectivity index (χ1n) is 8.80. The molecular formula is C17H28N2O. The molecule has 1 amide bonds. The van der Waals surface area contributed by atoms with Crippen LogP contribution in [0.2, 0.25) is 0 Å². The molecule has 0 aromatic heterocycles. The number of nitrogens with zero attached hydrogens (tertiary/aromatic N) is 1. The smallest absolute Gasteiger partial charge is 0.222 e. The Kier molecular flexibility index (Phi) is 3.49. The molecule has 112 valence electrons. The molecule has 4 fully saturated rings. The number of carbonyl (C=O) groups excluding carboxylic acids is 1. The van der Waals surface area contributed by atoms with Crippen molar-refractivity contribution in [3.05, 3.63) is 0 Å². The van der Waals surface area contributed by atoms with Gasteiger partial charge in [0.05, 0.1) is 0 Å². The molecule has 2 saturated heterocycles. The minimum atomic E-state index is 0.468. The van der Waals surface area contributed by atoms with Gasteiger partial charge in [-0.05, 0) is 69.1 Å². The van der Waals surface area contributed by atoms with Crippen LogP contribution in [0.15, 0.2) is 0 Å². The van der Waals surface area contributed by atoms with Crippen LogP contribution in [0.5, 0.6) is 0 Å². The molecule has 3 nitrogen and oxygen atoms in total. The maximum Gasteiger partial charge on any atom is 0.222 e. The molecule has 2 aliphatic heterocycles. The molecule has 20 heavy (non-hydrogen) atoms. The Morgan fingerprint density at radius 2 is 1.40 bits per heavy atom. The lowest BCUT2D eigenvalue weighted by Gasteiger charge is -2.31. The van der Waals surface area contributed by atoms with E-state index in [0.717, 1.165) is 31.3 Å². The zero-order valence-corrected chi connectivity index (χ0v) is 12.5. The van der Waals surface area contributed by atoms with Gasteiger partial charge in [0, 0.05) is 31.6 Å². The first kappa shape index (κ1) is 13.1. The maximum absolute atomic E-state index is 12.7. The lowest BCUT2D eigenvalue weighted by Crippen LogP contribution is -2.41. The maximum atomic E-state index is 12.7. The van der Waals surface area contributed by atoms with E-state index in [2.05, 4.69) is 10.2 Å². The monoisotopic (exact) mass is 276 g/mol. The zero-order valence-electron chi connectivity index (χ0n) is 12.5. The van der Waals surface area contributed by atoms with Gasteiger partial charge in [-0.1, -0.05) is 0 Å². The fourth-order valence-electron chi connectivity index (χ4n) is 4.22.